The molecule has 0 heterocycles. The lowest BCUT2D eigenvalue weighted by Crippen LogP contribution is -2.09. The van der Waals surface area contributed by atoms with Gasteiger partial charge in [0, 0.05) is 11.5 Å². The number of hydrogen-bond donors (Lipinski definition) is 2. The normalized spacial score (nSPS) is 11.0. The van der Waals surface area contributed by atoms with E-state index in [1.54, 1.807) is 0 Å². The van der Waals surface area contributed by atoms with E-state index in [0.29, 0.717) is 5.92 Å². The number of hydrogen-bond acceptors (Lipinski definition) is 2. The maximum Gasteiger partial charge on any atom is 0.0479 e. The zero-order valence-electron chi connectivity index (χ0n) is 11.0. The second-order valence-electron chi connectivity index (χ2n) is 5.47. The van der Waals surface area contributed by atoms with Crippen LogP contribution in [0.1, 0.15) is 46.1 Å². The molecule has 0 aliphatic carbocycles. The Morgan fingerprint density at radius 3 is 1.75 bits per heavy atom. The Morgan fingerprint density at radius 1 is 1.12 bits per heavy atom. The van der Waals surface area contributed by atoms with E-state index in [9.17, 15) is 0 Å². The van der Waals surface area contributed by atoms with Gasteiger partial charge in [0.25, 0.3) is 0 Å². The zero-order chi connectivity index (χ0) is 12.8. The molecular weight excluding hydrogens is 216 g/mol. The summed E-state index contributed by atoms with van der Waals surface area (Å²) in [5.41, 5.74) is 1.47. The fourth-order valence-corrected chi connectivity index (χ4v) is 1.01. The summed E-state index contributed by atoms with van der Waals surface area (Å²) in [6.07, 6.45) is 0. The van der Waals surface area contributed by atoms with Crippen molar-refractivity contribution in [2.75, 3.05) is 6.61 Å². The summed E-state index contributed by atoms with van der Waals surface area (Å²) in [5.74, 6) is 0.619. The first-order valence-corrected chi connectivity index (χ1v) is 6.11. The maximum absolute atomic E-state index is 8.40. The van der Waals surface area contributed by atoms with Gasteiger partial charge >= 0.3 is 0 Å². The Hall–Kier alpha value is -0.470. The third-order valence-electron chi connectivity index (χ3n) is 2.03. The van der Waals surface area contributed by atoms with Gasteiger partial charge in [0.15, 0.2) is 0 Å². The maximum atomic E-state index is 8.40. The molecule has 1 nitrogen and oxygen atoms in total. The van der Waals surface area contributed by atoms with Crippen LogP contribution in [0.25, 0.3) is 0 Å². The second kappa shape index (κ2) is 6.97. The van der Waals surface area contributed by atoms with Crippen LogP contribution >= 0.6 is 12.6 Å². The van der Waals surface area contributed by atoms with Gasteiger partial charge in [-0.3, -0.25) is 0 Å². The number of aliphatic hydroxyl groups is 1. The van der Waals surface area contributed by atoms with Crippen LogP contribution in [0.5, 0.6) is 0 Å². The Balaban J connectivity index is 0.000000325. The van der Waals surface area contributed by atoms with E-state index in [2.05, 4.69) is 38.6 Å². The van der Waals surface area contributed by atoms with Crippen LogP contribution in [0.3, 0.4) is 0 Å². The van der Waals surface area contributed by atoms with Crippen LogP contribution in [0, 0.1) is 5.41 Å². The molecule has 1 N–H and O–H groups in total. The largest absolute Gasteiger partial charge is 0.396 e. The fraction of sp³-hybridized carbons (Fsp3) is 0.571. The molecule has 16 heavy (non-hydrogen) atoms. The Labute approximate surface area is 105 Å². The lowest BCUT2D eigenvalue weighted by atomic mass is 9.99. The quantitative estimate of drug-likeness (QED) is 0.707. The van der Waals surface area contributed by atoms with Crippen molar-refractivity contribution in [1.29, 1.82) is 0 Å². The van der Waals surface area contributed by atoms with Crippen molar-refractivity contribution in [1.82, 2.24) is 0 Å². The third-order valence-corrected chi connectivity index (χ3v) is 2.33. The number of aliphatic hydroxyl groups excluding tert-OH is 1. The monoisotopic (exact) mass is 240 g/mol. The van der Waals surface area contributed by atoms with Gasteiger partial charge in [-0.05, 0) is 29.0 Å². The lowest BCUT2D eigenvalue weighted by molar-refractivity contribution is 0.177. The Bertz CT molecular complexity index is 283. The van der Waals surface area contributed by atoms with Crippen LogP contribution in [0.15, 0.2) is 29.2 Å². The molecule has 0 aromatic heterocycles. The molecule has 0 unspecified atom stereocenters. The van der Waals surface area contributed by atoms with Gasteiger partial charge in [0.05, 0.1) is 0 Å². The van der Waals surface area contributed by atoms with E-state index >= 15 is 0 Å². The summed E-state index contributed by atoms with van der Waals surface area (Å²) in [6.45, 7) is 10.6. The van der Waals surface area contributed by atoms with Crippen molar-refractivity contribution in [3.8, 4) is 0 Å². The smallest absolute Gasteiger partial charge is 0.0479 e. The summed E-state index contributed by atoms with van der Waals surface area (Å²) in [7, 11) is 0. The molecule has 1 aromatic carbocycles. The number of benzene rings is 1. The first-order valence-electron chi connectivity index (χ1n) is 5.66. The highest BCUT2D eigenvalue weighted by Gasteiger charge is 2.05. The third kappa shape index (κ3) is 7.77. The summed E-state index contributed by atoms with van der Waals surface area (Å²) in [5, 5.41) is 8.40. The first-order chi connectivity index (χ1) is 7.26. The van der Waals surface area contributed by atoms with Crippen molar-refractivity contribution >= 4 is 12.6 Å². The van der Waals surface area contributed by atoms with E-state index in [-0.39, 0.29) is 12.0 Å². The molecule has 0 atom stereocenters. The van der Waals surface area contributed by atoms with Crippen LogP contribution in [0.4, 0.5) is 0 Å². The molecular formula is C14H24OS. The van der Waals surface area contributed by atoms with Crippen molar-refractivity contribution in [3.05, 3.63) is 29.8 Å². The van der Waals surface area contributed by atoms with Crippen molar-refractivity contribution < 1.29 is 5.11 Å². The topological polar surface area (TPSA) is 20.2 Å². The van der Waals surface area contributed by atoms with Crippen LogP contribution in [-0.4, -0.2) is 11.7 Å². The summed E-state index contributed by atoms with van der Waals surface area (Å²) < 4.78 is 0. The molecule has 0 aliphatic rings. The molecule has 0 bridgehead atoms. The van der Waals surface area contributed by atoms with Crippen LogP contribution < -0.4 is 0 Å². The SMILES string of the molecule is CC(C)(C)CO.CC(C)c1ccc(S)cc1. The van der Waals surface area contributed by atoms with Gasteiger partial charge in [-0.2, -0.15) is 0 Å². The van der Waals surface area contributed by atoms with Crippen LogP contribution in [0.2, 0.25) is 0 Å². The van der Waals surface area contributed by atoms with Crippen molar-refractivity contribution in [2.45, 2.75) is 45.4 Å². The van der Waals surface area contributed by atoms with E-state index in [1.807, 2.05) is 32.9 Å². The van der Waals surface area contributed by atoms with E-state index in [4.69, 9.17) is 5.11 Å². The molecule has 0 aliphatic heterocycles. The Morgan fingerprint density at radius 2 is 1.50 bits per heavy atom. The van der Waals surface area contributed by atoms with Gasteiger partial charge in [-0.15, -0.1) is 12.6 Å². The van der Waals surface area contributed by atoms with Crippen molar-refractivity contribution in [3.63, 3.8) is 0 Å². The predicted molar refractivity (Wildman–Crippen MR) is 74.3 cm³/mol. The van der Waals surface area contributed by atoms with Gasteiger partial charge in [0.1, 0.15) is 0 Å². The molecule has 92 valence electrons. The molecule has 2 heteroatoms. The minimum absolute atomic E-state index is 0.0972. The van der Waals surface area contributed by atoms with E-state index in [1.165, 1.54) is 5.56 Å². The summed E-state index contributed by atoms with van der Waals surface area (Å²) in [6, 6.07) is 8.29. The summed E-state index contributed by atoms with van der Waals surface area (Å²) >= 11 is 4.20. The minimum atomic E-state index is 0.0972. The molecule has 1 aromatic rings. The Kier molecular flexibility index (Phi) is 6.77. The zero-order valence-corrected chi connectivity index (χ0v) is 11.9. The van der Waals surface area contributed by atoms with Gasteiger partial charge in [-0.1, -0.05) is 46.8 Å². The molecule has 0 saturated heterocycles. The highest BCUT2D eigenvalue weighted by molar-refractivity contribution is 7.80. The highest BCUT2D eigenvalue weighted by Crippen LogP contribution is 2.15. The number of rotatable bonds is 1. The predicted octanol–water partition coefficient (Wildman–Crippen LogP) is 4.12. The molecule has 1 rings (SSSR count). The molecule has 0 fully saturated rings. The van der Waals surface area contributed by atoms with Gasteiger partial charge in [0.2, 0.25) is 0 Å². The van der Waals surface area contributed by atoms with Crippen LogP contribution in [-0.2, 0) is 0 Å². The molecule has 0 amide bonds. The standard InChI is InChI=1S/C9H12S.C5H12O/c1-7(2)8-3-5-9(10)6-4-8;1-5(2,3)4-6/h3-7,10H,1-2H3;6H,4H2,1-3H3. The molecule has 0 spiro atoms. The average Bonchev–Trinajstić information content (AvgIpc) is 2.18. The number of thiol groups is 1. The highest BCUT2D eigenvalue weighted by atomic mass is 32.1. The lowest BCUT2D eigenvalue weighted by Gasteiger charge is -2.11. The van der Waals surface area contributed by atoms with Gasteiger partial charge in [-0.25, -0.2) is 0 Å². The van der Waals surface area contributed by atoms with Gasteiger partial charge < -0.3 is 5.11 Å². The summed E-state index contributed by atoms with van der Waals surface area (Å²) in [4.78, 5) is 1.03. The van der Waals surface area contributed by atoms with E-state index < -0.39 is 0 Å². The van der Waals surface area contributed by atoms with Crippen molar-refractivity contribution in [2.24, 2.45) is 5.41 Å². The molecule has 0 saturated carbocycles. The first kappa shape index (κ1) is 15.5. The minimum Gasteiger partial charge on any atom is -0.396 e. The second-order valence-corrected chi connectivity index (χ2v) is 5.98. The average molecular weight is 240 g/mol. The fourth-order valence-electron chi connectivity index (χ4n) is 0.859. The van der Waals surface area contributed by atoms with E-state index in [0.717, 1.165) is 4.90 Å². The molecule has 0 radical (unpaired) electrons.